The standard InChI is InChI=1S/C14H23N3O2/c1-18-14-10-12(15)9-13(11-14)16-3-2-4-17-5-7-19-8-6-17/h9-11,16H,2-8,15H2,1H3. The molecule has 0 bridgehead atoms. The van der Waals surface area contributed by atoms with Gasteiger partial charge in [-0.3, -0.25) is 4.90 Å². The minimum Gasteiger partial charge on any atom is -0.497 e. The zero-order valence-electron chi connectivity index (χ0n) is 11.5. The number of morpholine rings is 1. The first-order chi connectivity index (χ1) is 9.28. The number of nitrogens with one attached hydrogen (secondary N) is 1. The van der Waals surface area contributed by atoms with Crippen LogP contribution in [0.25, 0.3) is 0 Å². The van der Waals surface area contributed by atoms with E-state index in [1.807, 2.05) is 18.2 Å². The molecule has 1 saturated heterocycles. The second-order valence-electron chi connectivity index (χ2n) is 4.73. The first-order valence-corrected chi connectivity index (χ1v) is 6.76. The molecule has 1 aromatic carbocycles. The summed E-state index contributed by atoms with van der Waals surface area (Å²) in [5.41, 5.74) is 7.54. The van der Waals surface area contributed by atoms with Gasteiger partial charge in [-0.05, 0) is 19.0 Å². The summed E-state index contributed by atoms with van der Waals surface area (Å²) >= 11 is 0. The first kappa shape index (κ1) is 14.0. The summed E-state index contributed by atoms with van der Waals surface area (Å²) < 4.78 is 10.5. The Hall–Kier alpha value is -1.46. The van der Waals surface area contributed by atoms with Gasteiger partial charge in [-0.2, -0.15) is 0 Å². The van der Waals surface area contributed by atoms with Crippen molar-refractivity contribution < 1.29 is 9.47 Å². The van der Waals surface area contributed by atoms with Crippen molar-refractivity contribution in [2.45, 2.75) is 6.42 Å². The lowest BCUT2D eigenvalue weighted by atomic mass is 10.2. The van der Waals surface area contributed by atoms with E-state index >= 15 is 0 Å². The van der Waals surface area contributed by atoms with E-state index in [9.17, 15) is 0 Å². The topological polar surface area (TPSA) is 59.8 Å². The molecule has 0 aromatic heterocycles. The van der Waals surface area contributed by atoms with E-state index in [0.29, 0.717) is 0 Å². The molecule has 1 fully saturated rings. The van der Waals surface area contributed by atoms with E-state index in [2.05, 4.69) is 10.2 Å². The zero-order chi connectivity index (χ0) is 13.5. The molecule has 106 valence electrons. The highest BCUT2D eigenvalue weighted by Crippen LogP contribution is 2.22. The molecule has 5 heteroatoms. The van der Waals surface area contributed by atoms with Crippen LogP contribution >= 0.6 is 0 Å². The van der Waals surface area contributed by atoms with Gasteiger partial charge in [-0.25, -0.2) is 0 Å². The molecule has 19 heavy (non-hydrogen) atoms. The third kappa shape index (κ3) is 4.61. The summed E-state index contributed by atoms with van der Waals surface area (Å²) in [5, 5.41) is 3.38. The highest BCUT2D eigenvalue weighted by molar-refractivity contribution is 5.59. The Morgan fingerprint density at radius 2 is 2.11 bits per heavy atom. The number of hydrogen-bond donors (Lipinski definition) is 2. The van der Waals surface area contributed by atoms with Crippen molar-refractivity contribution in [1.82, 2.24) is 4.90 Å². The minimum absolute atomic E-state index is 0.718. The number of benzene rings is 1. The molecule has 0 spiro atoms. The number of ether oxygens (including phenoxy) is 2. The molecule has 1 aromatic rings. The lowest BCUT2D eigenvalue weighted by molar-refractivity contribution is 0.0378. The number of methoxy groups -OCH3 is 1. The lowest BCUT2D eigenvalue weighted by Gasteiger charge is -2.26. The van der Waals surface area contributed by atoms with E-state index in [1.165, 1.54) is 0 Å². The smallest absolute Gasteiger partial charge is 0.122 e. The molecular formula is C14H23N3O2. The molecule has 1 heterocycles. The van der Waals surface area contributed by atoms with Crippen LogP contribution in [0.2, 0.25) is 0 Å². The molecule has 0 saturated carbocycles. The van der Waals surface area contributed by atoms with Crippen molar-refractivity contribution in [1.29, 1.82) is 0 Å². The number of anilines is 2. The Kier molecular flexibility index (Phi) is 5.30. The van der Waals surface area contributed by atoms with E-state index in [-0.39, 0.29) is 0 Å². The maximum Gasteiger partial charge on any atom is 0.122 e. The van der Waals surface area contributed by atoms with Crippen LogP contribution in [0.15, 0.2) is 18.2 Å². The van der Waals surface area contributed by atoms with Gasteiger partial charge in [0.2, 0.25) is 0 Å². The van der Waals surface area contributed by atoms with E-state index in [4.69, 9.17) is 15.2 Å². The fraction of sp³-hybridized carbons (Fsp3) is 0.571. The van der Waals surface area contributed by atoms with Gasteiger partial charge >= 0.3 is 0 Å². The van der Waals surface area contributed by atoms with Gasteiger partial charge in [0.05, 0.1) is 20.3 Å². The van der Waals surface area contributed by atoms with Crippen LogP contribution in [0.3, 0.4) is 0 Å². The van der Waals surface area contributed by atoms with Gasteiger partial charge in [-0.1, -0.05) is 0 Å². The number of nitrogen functional groups attached to an aromatic ring is 1. The maximum atomic E-state index is 5.81. The van der Waals surface area contributed by atoms with Crippen molar-refractivity contribution >= 4 is 11.4 Å². The quantitative estimate of drug-likeness (QED) is 0.601. The molecule has 5 nitrogen and oxygen atoms in total. The molecule has 0 aliphatic carbocycles. The predicted molar refractivity (Wildman–Crippen MR) is 77.8 cm³/mol. The Morgan fingerprint density at radius 3 is 2.84 bits per heavy atom. The van der Waals surface area contributed by atoms with Crippen LogP contribution in [-0.4, -0.2) is 51.4 Å². The summed E-state index contributed by atoms with van der Waals surface area (Å²) in [5.74, 6) is 0.788. The van der Waals surface area contributed by atoms with Crippen LogP contribution < -0.4 is 15.8 Å². The lowest BCUT2D eigenvalue weighted by Crippen LogP contribution is -2.37. The van der Waals surface area contributed by atoms with Crippen LogP contribution in [0.5, 0.6) is 5.75 Å². The van der Waals surface area contributed by atoms with Crippen molar-refractivity contribution in [3.63, 3.8) is 0 Å². The normalized spacial score (nSPS) is 16.3. The predicted octanol–water partition coefficient (Wildman–Crippen LogP) is 1.41. The van der Waals surface area contributed by atoms with Gasteiger partial charge in [-0.15, -0.1) is 0 Å². The van der Waals surface area contributed by atoms with Gasteiger partial charge in [0, 0.05) is 43.1 Å². The fourth-order valence-corrected chi connectivity index (χ4v) is 2.20. The van der Waals surface area contributed by atoms with E-state index in [1.54, 1.807) is 7.11 Å². The van der Waals surface area contributed by atoms with Crippen LogP contribution in [-0.2, 0) is 4.74 Å². The van der Waals surface area contributed by atoms with Crippen molar-refractivity contribution in [3.05, 3.63) is 18.2 Å². The summed E-state index contributed by atoms with van der Waals surface area (Å²) in [6, 6.07) is 5.71. The van der Waals surface area contributed by atoms with Crippen molar-refractivity contribution in [2.75, 3.05) is 57.6 Å². The Morgan fingerprint density at radius 1 is 1.32 bits per heavy atom. The van der Waals surface area contributed by atoms with Gasteiger partial charge in [0.1, 0.15) is 5.75 Å². The Balaban J connectivity index is 1.71. The summed E-state index contributed by atoms with van der Waals surface area (Å²) in [4.78, 5) is 2.44. The molecule has 2 rings (SSSR count). The zero-order valence-corrected chi connectivity index (χ0v) is 11.5. The molecular weight excluding hydrogens is 242 g/mol. The molecule has 1 aliphatic heterocycles. The number of rotatable bonds is 6. The molecule has 0 radical (unpaired) electrons. The van der Waals surface area contributed by atoms with Crippen LogP contribution in [0.4, 0.5) is 11.4 Å². The number of nitrogens with zero attached hydrogens (tertiary/aromatic N) is 1. The average molecular weight is 265 g/mol. The number of hydrogen-bond acceptors (Lipinski definition) is 5. The minimum atomic E-state index is 0.718. The third-order valence-electron chi connectivity index (χ3n) is 3.25. The molecule has 3 N–H and O–H groups in total. The second-order valence-corrected chi connectivity index (χ2v) is 4.73. The van der Waals surface area contributed by atoms with Crippen LogP contribution in [0, 0.1) is 0 Å². The fourth-order valence-electron chi connectivity index (χ4n) is 2.20. The Labute approximate surface area is 114 Å². The summed E-state index contributed by atoms with van der Waals surface area (Å²) in [6.07, 6.45) is 1.11. The molecule has 0 atom stereocenters. The maximum absolute atomic E-state index is 5.81. The number of nitrogens with two attached hydrogens (primary N) is 1. The van der Waals surface area contributed by atoms with Crippen molar-refractivity contribution in [2.24, 2.45) is 0 Å². The van der Waals surface area contributed by atoms with Gasteiger partial charge in [0.15, 0.2) is 0 Å². The second kappa shape index (κ2) is 7.21. The molecule has 0 amide bonds. The van der Waals surface area contributed by atoms with E-state index in [0.717, 1.165) is 62.9 Å². The third-order valence-corrected chi connectivity index (χ3v) is 3.25. The van der Waals surface area contributed by atoms with Crippen LogP contribution in [0.1, 0.15) is 6.42 Å². The molecule has 0 unspecified atom stereocenters. The van der Waals surface area contributed by atoms with E-state index < -0.39 is 0 Å². The highest BCUT2D eigenvalue weighted by Gasteiger charge is 2.09. The van der Waals surface area contributed by atoms with Gasteiger partial charge in [0.25, 0.3) is 0 Å². The largest absolute Gasteiger partial charge is 0.497 e. The monoisotopic (exact) mass is 265 g/mol. The Bertz CT molecular complexity index is 392. The summed E-state index contributed by atoms with van der Waals surface area (Å²) in [7, 11) is 1.65. The van der Waals surface area contributed by atoms with Crippen molar-refractivity contribution in [3.8, 4) is 5.75 Å². The highest BCUT2D eigenvalue weighted by atomic mass is 16.5. The SMILES string of the molecule is COc1cc(N)cc(NCCCN2CCOCC2)c1. The van der Waals surface area contributed by atoms with Gasteiger partial charge < -0.3 is 20.5 Å². The molecule has 1 aliphatic rings. The summed E-state index contributed by atoms with van der Waals surface area (Å²) in [6.45, 7) is 5.86. The average Bonchev–Trinajstić information content (AvgIpc) is 2.44. The first-order valence-electron chi connectivity index (χ1n) is 6.76.